The number of nitrogens with zero attached hydrogens (tertiary/aromatic N) is 7. The number of pyridine rings is 1. The molecular formula is C23H19FN8O2. The maximum Gasteiger partial charge on any atom is 0.228 e. The molecule has 6 rings (SSSR count). The van der Waals surface area contributed by atoms with Crippen LogP contribution in [-0.2, 0) is 7.05 Å². The molecule has 0 aliphatic carbocycles. The summed E-state index contributed by atoms with van der Waals surface area (Å²) < 4.78 is 29.0. The number of aryl methyl sites for hydroxylation is 1. The van der Waals surface area contributed by atoms with Crippen molar-refractivity contribution in [1.29, 1.82) is 0 Å². The molecule has 1 N–H and O–H groups in total. The quantitative estimate of drug-likeness (QED) is 0.425. The predicted molar refractivity (Wildman–Crippen MR) is 120 cm³/mol. The smallest absolute Gasteiger partial charge is 0.228 e. The van der Waals surface area contributed by atoms with Gasteiger partial charge in [0, 0.05) is 43.6 Å². The number of hydrogen-bond donors (Lipinski definition) is 1. The van der Waals surface area contributed by atoms with E-state index in [0.29, 0.717) is 47.4 Å². The third-order valence-corrected chi connectivity index (χ3v) is 5.53. The standard InChI is InChI=1S/C23H19FN8O2/c1-31-20(6-9-26-31)28-23-25-8-5-17(27-23)14-11-19-22-21(29-30-32(22)13-14)18(7-10-33-19)34-16-4-2-3-15(24)12-16/h2-6,8-9,11-13,18H,7,10H2,1H3,(H,25,27,28)/t18-/m0/s1. The van der Waals surface area contributed by atoms with Crippen molar-refractivity contribution in [3.05, 3.63) is 72.6 Å². The number of hydrogen-bond acceptors (Lipinski definition) is 8. The Balaban J connectivity index is 1.34. The fourth-order valence-corrected chi connectivity index (χ4v) is 3.90. The first-order valence-corrected chi connectivity index (χ1v) is 10.7. The summed E-state index contributed by atoms with van der Waals surface area (Å²) in [5.41, 5.74) is 2.84. The summed E-state index contributed by atoms with van der Waals surface area (Å²) >= 11 is 0. The summed E-state index contributed by atoms with van der Waals surface area (Å²) in [6.45, 7) is 0.409. The molecule has 170 valence electrons. The van der Waals surface area contributed by atoms with Gasteiger partial charge in [-0.3, -0.25) is 4.68 Å². The second kappa shape index (κ2) is 8.10. The fraction of sp³-hybridized carbons (Fsp3) is 0.174. The molecule has 1 aromatic carbocycles. The van der Waals surface area contributed by atoms with Crippen LogP contribution in [0.4, 0.5) is 16.2 Å². The van der Waals surface area contributed by atoms with Crippen molar-refractivity contribution in [1.82, 2.24) is 34.6 Å². The SMILES string of the molecule is Cn1nccc1Nc1nccc(-c2cc3c4c(nnn4c2)[C@@H](Oc2cccc(F)c2)CCO3)n1. The highest BCUT2D eigenvalue weighted by molar-refractivity contribution is 5.72. The fourth-order valence-electron chi connectivity index (χ4n) is 3.90. The number of nitrogens with one attached hydrogen (secondary N) is 1. The van der Waals surface area contributed by atoms with Crippen LogP contribution in [0.2, 0.25) is 0 Å². The third-order valence-electron chi connectivity index (χ3n) is 5.53. The zero-order valence-corrected chi connectivity index (χ0v) is 18.1. The largest absolute Gasteiger partial charge is 0.491 e. The van der Waals surface area contributed by atoms with Crippen LogP contribution in [0.25, 0.3) is 16.8 Å². The second-order valence-corrected chi connectivity index (χ2v) is 7.79. The van der Waals surface area contributed by atoms with Crippen LogP contribution in [0.3, 0.4) is 0 Å². The Bertz CT molecular complexity index is 1500. The Hall–Kier alpha value is -4.54. The predicted octanol–water partition coefficient (Wildman–Crippen LogP) is 3.71. The van der Waals surface area contributed by atoms with Gasteiger partial charge in [-0.15, -0.1) is 5.10 Å². The van der Waals surface area contributed by atoms with E-state index in [1.807, 2.05) is 31.4 Å². The Morgan fingerprint density at radius 1 is 1.18 bits per heavy atom. The molecule has 5 aromatic rings. The molecule has 1 aliphatic heterocycles. The van der Waals surface area contributed by atoms with Crippen LogP contribution in [0.15, 0.2) is 61.1 Å². The van der Waals surface area contributed by atoms with Crippen molar-refractivity contribution < 1.29 is 13.9 Å². The molecule has 0 radical (unpaired) electrons. The number of ether oxygens (including phenoxy) is 2. The van der Waals surface area contributed by atoms with Crippen LogP contribution in [0, 0.1) is 5.82 Å². The maximum absolute atomic E-state index is 13.6. The highest BCUT2D eigenvalue weighted by Gasteiger charge is 2.27. The molecule has 34 heavy (non-hydrogen) atoms. The van der Waals surface area contributed by atoms with Crippen molar-refractivity contribution in [3.8, 4) is 22.8 Å². The second-order valence-electron chi connectivity index (χ2n) is 7.79. The molecule has 11 heteroatoms. The van der Waals surface area contributed by atoms with Gasteiger partial charge in [0.05, 0.1) is 18.5 Å². The number of anilines is 2. The van der Waals surface area contributed by atoms with Crippen molar-refractivity contribution >= 4 is 17.3 Å². The maximum atomic E-state index is 13.6. The van der Waals surface area contributed by atoms with Crippen molar-refractivity contribution in [2.24, 2.45) is 7.05 Å². The molecule has 0 unspecified atom stereocenters. The number of benzene rings is 1. The summed E-state index contributed by atoms with van der Waals surface area (Å²) in [7, 11) is 1.83. The van der Waals surface area contributed by atoms with Gasteiger partial charge < -0.3 is 14.8 Å². The van der Waals surface area contributed by atoms with E-state index in [4.69, 9.17) is 9.47 Å². The van der Waals surface area contributed by atoms with E-state index in [0.717, 1.165) is 11.4 Å². The molecule has 5 heterocycles. The van der Waals surface area contributed by atoms with E-state index < -0.39 is 6.10 Å². The van der Waals surface area contributed by atoms with Crippen LogP contribution in [0.5, 0.6) is 11.5 Å². The molecule has 0 fully saturated rings. The summed E-state index contributed by atoms with van der Waals surface area (Å²) in [5.74, 6) is 1.91. The minimum Gasteiger partial charge on any atom is -0.491 e. The molecule has 0 bridgehead atoms. The molecule has 4 aromatic heterocycles. The van der Waals surface area contributed by atoms with E-state index in [-0.39, 0.29) is 5.82 Å². The van der Waals surface area contributed by atoms with Gasteiger partial charge in [-0.05, 0) is 24.3 Å². The van der Waals surface area contributed by atoms with Gasteiger partial charge >= 0.3 is 0 Å². The molecule has 0 saturated heterocycles. The Morgan fingerprint density at radius 3 is 2.97 bits per heavy atom. The van der Waals surface area contributed by atoms with E-state index in [2.05, 4.69) is 30.7 Å². The van der Waals surface area contributed by atoms with E-state index >= 15 is 0 Å². The van der Waals surface area contributed by atoms with E-state index in [9.17, 15) is 4.39 Å². The first-order valence-electron chi connectivity index (χ1n) is 10.7. The average molecular weight is 458 g/mol. The van der Waals surface area contributed by atoms with Gasteiger partial charge in [0.15, 0.2) is 0 Å². The summed E-state index contributed by atoms with van der Waals surface area (Å²) in [4.78, 5) is 8.93. The number of aromatic nitrogens is 7. The lowest BCUT2D eigenvalue weighted by Gasteiger charge is -2.15. The summed E-state index contributed by atoms with van der Waals surface area (Å²) in [6.07, 6.45) is 5.33. The molecule has 10 nitrogen and oxygen atoms in total. The summed E-state index contributed by atoms with van der Waals surface area (Å²) in [6, 6.07) is 11.6. The van der Waals surface area contributed by atoms with Crippen molar-refractivity contribution in [2.75, 3.05) is 11.9 Å². The first kappa shape index (κ1) is 20.1. The topological polar surface area (TPSA) is 104 Å². The molecule has 0 spiro atoms. The monoisotopic (exact) mass is 458 g/mol. The lowest BCUT2D eigenvalue weighted by molar-refractivity contribution is 0.166. The van der Waals surface area contributed by atoms with Crippen LogP contribution in [0.1, 0.15) is 18.2 Å². The van der Waals surface area contributed by atoms with Gasteiger partial charge in [0.1, 0.15) is 40.4 Å². The highest BCUT2D eigenvalue weighted by atomic mass is 19.1. The van der Waals surface area contributed by atoms with E-state index in [1.54, 1.807) is 33.7 Å². The van der Waals surface area contributed by atoms with Crippen LogP contribution < -0.4 is 14.8 Å². The zero-order chi connectivity index (χ0) is 23.1. The zero-order valence-electron chi connectivity index (χ0n) is 18.1. The number of rotatable bonds is 5. The van der Waals surface area contributed by atoms with E-state index in [1.165, 1.54) is 12.1 Å². The summed E-state index contributed by atoms with van der Waals surface area (Å²) in [5, 5.41) is 15.9. The Labute approximate surface area is 193 Å². The van der Waals surface area contributed by atoms with Gasteiger partial charge in [-0.25, -0.2) is 18.9 Å². The Kier molecular flexibility index (Phi) is 4.79. The van der Waals surface area contributed by atoms with Crippen LogP contribution >= 0.6 is 0 Å². The normalized spacial score (nSPS) is 15.1. The molecule has 1 aliphatic rings. The lowest BCUT2D eigenvalue weighted by atomic mass is 10.1. The van der Waals surface area contributed by atoms with Gasteiger partial charge in [0.2, 0.25) is 5.95 Å². The number of halogens is 1. The lowest BCUT2D eigenvalue weighted by Crippen LogP contribution is -2.10. The van der Waals surface area contributed by atoms with Crippen LogP contribution in [-0.4, -0.2) is 41.2 Å². The average Bonchev–Trinajstić information content (AvgIpc) is 3.40. The Morgan fingerprint density at radius 2 is 2.12 bits per heavy atom. The molecular weight excluding hydrogens is 439 g/mol. The molecule has 1 atom stereocenters. The van der Waals surface area contributed by atoms with Crippen molar-refractivity contribution in [2.45, 2.75) is 12.5 Å². The molecule has 0 saturated carbocycles. The minimum atomic E-state index is -0.417. The van der Waals surface area contributed by atoms with Gasteiger partial charge in [-0.2, -0.15) is 5.10 Å². The van der Waals surface area contributed by atoms with Gasteiger partial charge in [0.25, 0.3) is 0 Å². The van der Waals surface area contributed by atoms with Crippen molar-refractivity contribution in [3.63, 3.8) is 0 Å². The minimum absolute atomic E-state index is 0.359. The highest BCUT2D eigenvalue weighted by Crippen LogP contribution is 2.36. The van der Waals surface area contributed by atoms with Gasteiger partial charge in [-0.1, -0.05) is 11.3 Å². The molecule has 0 amide bonds. The third kappa shape index (κ3) is 3.66. The first-order chi connectivity index (χ1) is 16.6.